The first-order valence-corrected chi connectivity index (χ1v) is 11.7. The SMILES string of the molecule is CC(C)=CCN1CC[C@@]23CCCC[C@H]2[C@H]1Cc1ccc(OC(=O)c2ccccn2)cc13. The molecule has 2 aliphatic carbocycles. The molecule has 0 unspecified atom stereocenters. The van der Waals surface area contributed by atoms with Crippen LogP contribution in [0.15, 0.2) is 54.2 Å². The third kappa shape index (κ3) is 3.71. The minimum absolute atomic E-state index is 0.241. The van der Waals surface area contributed by atoms with E-state index in [4.69, 9.17) is 4.74 Å². The molecule has 3 aliphatic rings. The Bertz CT molecular complexity index is 996. The molecule has 162 valence electrons. The van der Waals surface area contributed by atoms with Gasteiger partial charge in [-0.1, -0.05) is 36.6 Å². The number of aromatic nitrogens is 1. The van der Waals surface area contributed by atoms with Gasteiger partial charge < -0.3 is 4.74 Å². The number of carbonyl (C=O) groups is 1. The predicted molar refractivity (Wildman–Crippen MR) is 122 cm³/mol. The zero-order valence-electron chi connectivity index (χ0n) is 18.6. The number of nitrogens with zero attached hydrogens (tertiary/aromatic N) is 2. The predicted octanol–water partition coefficient (Wildman–Crippen LogP) is 5.33. The number of pyridine rings is 1. The summed E-state index contributed by atoms with van der Waals surface area (Å²) in [4.78, 5) is 19.4. The molecule has 1 aromatic carbocycles. The summed E-state index contributed by atoms with van der Waals surface area (Å²) in [6, 6.07) is 12.3. The van der Waals surface area contributed by atoms with Crippen molar-refractivity contribution in [3.8, 4) is 5.75 Å². The maximum absolute atomic E-state index is 12.6. The summed E-state index contributed by atoms with van der Waals surface area (Å²) in [6.45, 7) is 6.61. The third-order valence-electron chi connectivity index (χ3n) is 7.74. The van der Waals surface area contributed by atoms with Gasteiger partial charge in [0.15, 0.2) is 0 Å². The van der Waals surface area contributed by atoms with E-state index in [0.29, 0.717) is 23.4 Å². The molecule has 2 heterocycles. The second kappa shape index (κ2) is 8.23. The van der Waals surface area contributed by atoms with E-state index in [2.05, 4.69) is 41.9 Å². The molecule has 1 aromatic heterocycles. The Balaban J connectivity index is 1.46. The number of piperidine rings is 1. The number of allylic oxidation sites excluding steroid dienone is 1. The average molecular weight is 417 g/mol. The number of ether oxygens (including phenoxy) is 1. The first kappa shape index (κ1) is 20.4. The first-order chi connectivity index (χ1) is 15.1. The molecule has 0 N–H and O–H groups in total. The van der Waals surface area contributed by atoms with Gasteiger partial charge in [0.05, 0.1) is 0 Å². The Morgan fingerprint density at radius 2 is 2.13 bits per heavy atom. The van der Waals surface area contributed by atoms with E-state index >= 15 is 0 Å². The number of benzene rings is 1. The van der Waals surface area contributed by atoms with E-state index in [-0.39, 0.29) is 11.4 Å². The molecule has 1 saturated heterocycles. The van der Waals surface area contributed by atoms with Crippen LogP contribution in [0.2, 0.25) is 0 Å². The smallest absolute Gasteiger partial charge is 0.362 e. The molecule has 1 saturated carbocycles. The Labute approximate surface area is 185 Å². The van der Waals surface area contributed by atoms with Gasteiger partial charge in [-0.25, -0.2) is 9.78 Å². The lowest BCUT2D eigenvalue weighted by Gasteiger charge is -2.59. The normalized spacial score (nSPS) is 27.0. The monoisotopic (exact) mass is 416 g/mol. The largest absolute Gasteiger partial charge is 0.422 e. The topological polar surface area (TPSA) is 42.4 Å². The molecule has 4 heteroatoms. The number of hydrogen-bond donors (Lipinski definition) is 0. The van der Waals surface area contributed by atoms with Crippen LogP contribution >= 0.6 is 0 Å². The van der Waals surface area contributed by atoms with E-state index in [1.54, 1.807) is 18.3 Å². The molecule has 31 heavy (non-hydrogen) atoms. The maximum atomic E-state index is 12.6. The Kier molecular flexibility index (Phi) is 5.43. The summed E-state index contributed by atoms with van der Waals surface area (Å²) >= 11 is 0. The van der Waals surface area contributed by atoms with Gasteiger partial charge in [0.25, 0.3) is 0 Å². The first-order valence-electron chi connectivity index (χ1n) is 11.7. The van der Waals surface area contributed by atoms with E-state index in [9.17, 15) is 4.79 Å². The highest BCUT2D eigenvalue weighted by Crippen LogP contribution is 2.56. The zero-order chi connectivity index (χ0) is 21.4. The molecule has 2 aromatic rings. The maximum Gasteiger partial charge on any atom is 0.362 e. The summed E-state index contributed by atoms with van der Waals surface area (Å²) in [5, 5.41) is 0. The second-order valence-electron chi connectivity index (χ2n) is 9.73. The van der Waals surface area contributed by atoms with Crippen LogP contribution in [-0.4, -0.2) is 35.0 Å². The van der Waals surface area contributed by atoms with Gasteiger partial charge >= 0.3 is 5.97 Å². The van der Waals surface area contributed by atoms with Gasteiger partial charge in [0.2, 0.25) is 0 Å². The fourth-order valence-corrected chi connectivity index (χ4v) is 6.30. The van der Waals surface area contributed by atoms with E-state index < -0.39 is 0 Å². The molecule has 3 atom stereocenters. The van der Waals surface area contributed by atoms with Crippen molar-refractivity contribution in [2.24, 2.45) is 5.92 Å². The highest BCUT2D eigenvalue weighted by atomic mass is 16.5. The van der Waals surface area contributed by atoms with E-state index in [0.717, 1.165) is 19.5 Å². The van der Waals surface area contributed by atoms with E-state index in [1.165, 1.54) is 48.8 Å². The van der Waals surface area contributed by atoms with Crippen molar-refractivity contribution in [2.75, 3.05) is 13.1 Å². The molecular weight excluding hydrogens is 384 g/mol. The summed E-state index contributed by atoms with van der Waals surface area (Å²) < 4.78 is 5.75. The fourth-order valence-electron chi connectivity index (χ4n) is 6.30. The van der Waals surface area contributed by atoms with Gasteiger partial charge in [-0.2, -0.15) is 0 Å². The van der Waals surface area contributed by atoms with Crippen LogP contribution in [0.4, 0.5) is 0 Å². The molecule has 2 fully saturated rings. The minimum atomic E-state index is -0.386. The number of likely N-dealkylation sites (tertiary alicyclic amines) is 1. The lowest BCUT2D eigenvalue weighted by Crippen LogP contribution is -2.60. The van der Waals surface area contributed by atoms with Gasteiger partial charge in [0.1, 0.15) is 11.4 Å². The van der Waals surface area contributed by atoms with Gasteiger partial charge in [-0.3, -0.25) is 4.90 Å². The molecule has 4 nitrogen and oxygen atoms in total. The van der Waals surface area contributed by atoms with Crippen molar-refractivity contribution >= 4 is 5.97 Å². The lowest BCUT2D eigenvalue weighted by molar-refractivity contribution is -0.00530. The van der Waals surface area contributed by atoms with Crippen LogP contribution in [0.5, 0.6) is 5.75 Å². The van der Waals surface area contributed by atoms with Gasteiger partial charge in [0, 0.05) is 24.2 Å². The molecule has 1 aliphatic heterocycles. The van der Waals surface area contributed by atoms with E-state index in [1.807, 2.05) is 12.1 Å². The standard InChI is InChI=1S/C27H32N2O2/c1-19(2)11-15-29-16-13-27-12-5-3-7-22(27)25(29)17-20-9-10-21(18-23(20)27)31-26(30)24-8-4-6-14-28-24/h4,6,8-11,14,18,22,25H,3,5,7,12-13,15-17H2,1-2H3/t22-,25+,27-/m0/s1. The molecule has 5 rings (SSSR count). The third-order valence-corrected chi connectivity index (χ3v) is 7.74. The Morgan fingerprint density at radius 3 is 2.94 bits per heavy atom. The summed E-state index contributed by atoms with van der Waals surface area (Å²) in [5.74, 6) is 0.969. The zero-order valence-corrected chi connectivity index (χ0v) is 18.6. The van der Waals surface area contributed by atoms with Crippen molar-refractivity contribution in [2.45, 2.75) is 63.8 Å². The Hall–Kier alpha value is -2.46. The fraction of sp³-hybridized carbons (Fsp3) is 0.481. The van der Waals surface area contributed by atoms with Crippen molar-refractivity contribution in [3.05, 3.63) is 71.1 Å². The average Bonchev–Trinajstić information content (AvgIpc) is 2.79. The van der Waals surface area contributed by atoms with Crippen LogP contribution in [0.3, 0.4) is 0 Å². The number of esters is 1. The molecule has 0 amide bonds. The number of fused-ring (bicyclic) bond motifs is 1. The highest BCUT2D eigenvalue weighted by Gasteiger charge is 2.53. The summed E-state index contributed by atoms with van der Waals surface area (Å²) in [7, 11) is 0. The number of rotatable bonds is 4. The molecule has 0 spiro atoms. The van der Waals surface area contributed by atoms with Crippen LogP contribution in [-0.2, 0) is 11.8 Å². The summed E-state index contributed by atoms with van der Waals surface area (Å²) in [6.07, 6.45) is 11.5. The minimum Gasteiger partial charge on any atom is -0.422 e. The molecule has 2 bridgehead atoms. The van der Waals surface area contributed by atoms with Crippen LogP contribution in [0.25, 0.3) is 0 Å². The van der Waals surface area contributed by atoms with Crippen LogP contribution in [0, 0.1) is 5.92 Å². The molecular formula is C27H32N2O2. The van der Waals surface area contributed by atoms with Crippen molar-refractivity contribution in [3.63, 3.8) is 0 Å². The van der Waals surface area contributed by atoms with Crippen LogP contribution < -0.4 is 4.74 Å². The van der Waals surface area contributed by atoms with Crippen molar-refractivity contribution in [1.29, 1.82) is 0 Å². The molecule has 0 radical (unpaired) electrons. The van der Waals surface area contributed by atoms with Crippen LogP contribution in [0.1, 0.15) is 67.6 Å². The van der Waals surface area contributed by atoms with Crippen molar-refractivity contribution in [1.82, 2.24) is 9.88 Å². The highest BCUT2D eigenvalue weighted by molar-refractivity contribution is 5.88. The number of carbonyl (C=O) groups excluding carboxylic acids is 1. The van der Waals surface area contributed by atoms with Crippen molar-refractivity contribution < 1.29 is 9.53 Å². The Morgan fingerprint density at radius 1 is 1.23 bits per heavy atom. The second-order valence-corrected chi connectivity index (χ2v) is 9.73. The summed E-state index contributed by atoms with van der Waals surface area (Å²) in [5.41, 5.74) is 4.88. The quantitative estimate of drug-likeness (QED) is 0.384. The lowest BCUT2D eigenvalue weighted by atomic mass is 9.52. The van der Waals surface area contributed by atoms with Gasteiger partial charge in [-0.05, 0) is 87.4 Å². The number of hydrogen-bond acceptors (Lipinski definition) is 4. The van der Waals surface area contributed by atoms with Gasteiger partial charge in [-0.15, -0.1) is 0 Å².